The van der Waals surface area contributed by atoms with Crippen molar-refractivity contribution in [2.24, 2.45) is 0 Å². The summed E-state index contributed by atoms with van der Waals surface area (Å²) in [6.07, 6.45) is 2.09. The van der Waals surface area contributed by atoms with Gasteiger partial charge in [0.25, 0.3) is 16.1 Å². The van der Waals surface area contributed by atoms with Crippen LogP contribution in [0.1, 0.15) is 21.5 Å². The molecular formula is C22H20Cl2N6O3S2. The Morgan fingerprint density at radius 3 is 2.63 bits per heavy atom. The van der Waals surface area contributed by atoms with E-state index >= 15 is 0 Å². The van der Waals surface area contributed by atoms with Gasteiger partial charge in [0.1, 0.15) is 5.03 Å². The average molecular weight is 551 g/mol. The summed E-state index contributed by atoms with van der Waals surface area (Å²) in [6, 6.07) is 10.8. The molecule has 0 aliphatic carbocycles. The lowest BCUT2D eigenvalue weighted by Crippen LogP contribution is -2.41. The maximum absolute atomic E-state index is 13.1. The van der Waals surface area contributed by atoms with E-state index in [1.165, 1.54) is 34.2 Å². The first-order chi connectivity index (χ1) is 16.8. The van der Waals surface area contributed by atoms with Gasteiger partial charge in [-0.05, 0) is 41.8 Å². The quantitative estimate of drug-likeness (QED) is 0.461. The average Bonchev–Trinajstić information content (AvgIpc) is 2.85. The Morgan fingerprint density at radius 2 is 1.89 bits per heavy atom. The number of amides is 1. The predicted octanol–water partition coefficient (Wildman–Crippen LogP) is 4.06. The molecule has 13 heteroatoms. The number of benzene rings is 2. The van der Waals surface area contributed by atoms with E-state index < -0.39 is 10.2 Å². The second-order valence-electron chi connectivity index (χ2n) is 7.89. The molecule has 1 amide bonds. The highest BCUT2D eigenvalue weighted by atomic mass is 35.5. The van der Waals surface area contributed by atoms with Crippen molar-refractivity contribution in [2.75, 3.05) is 29.7 Å². The Morgan fingerprint density at radius 1 is 1.11 bits per heavy atom. The predicted molar refractivity (Wildman–Crippen MR) is 138 cm³/mol. The molecule has 0 radical (unpaired) electrons. The smallest absolute Gasteiger partial charge is 0.279 e. The Hall–Kier alpha value is -2.41. The van der Waals surface area contributed by atoms with Crippen molar-refractivity contribution >= 4 is 68.4 Å². The minimum Gasteiger partial charge on any atom is -0.324 e. The highest BCUT2D eigenvalue weighted by molar-refractivity contribution is 7.99. The molecule has 3 heterocycles. The van der Waals surface area contributed by atoms with Crippen LogP contribution in [0.15, 0.2) is 47.6 Å². The Bertz CT molecular complexity index is 1420. The maximum Gasteiger partial charge on any atom is 0.279 e. The summed E-state index contributed by atoms with van der Waals surface area (Å²) in [7, 11) is -2.05. The van der Waals surface area contributed by atoms with Gasteiger partial charge in [0.05, 0.1) is 27.2 Å². The molecule has 182 valence electrons. The van der Waals surface area contributed by atoms with Gasteiger partial charge in [0, 0.05) is 32.0 Å². The number of halogens is 2. The minimum absolute atomic E-state index is 0.268. The first kappa shape index (κ1) is 24.3. The van der Waals surface area contributed by atoms with E-state index in [9.17, 15) is 13.2 Å². The molecule has 0 saturated carbocycles. The summed E-state index contributed by atoms with van der Waals surface area (Å²) in [5, 5.41) is 4.55. The van der Waals surface area contributed by atoms with Crippen molar-refractivity contribution in [3.63, 3.8) is 0 Å². The highest BCUT2D eigenvalue weighted by Gasteiger charge is 2.31. The Kier molecular flexibility index (Phi) is 6.64. The van der Waals surface area contributed by atoms with Crippen molar-refractivity contribution in [3.8, 4) is 0 Å². The van der Waals surface area contributed by atoms with Crippen LogP contribution in [0.2, 0.25) is 10.0 Å². The van der Waals surface area contributed by atoms with Crippen LogP contribution >= 0.6 is 35.0 Å². The van der Waals surface area contributed by atoms with Gasteiger partial charge in [-0.3, -0.25) is 9.69 Å². The van der Waals surface area contributed by atoms with Crippen molar-refractivity contribution in [1.29, 1.82) is 0 Å². The maximum atomic E-state index is 13.1. The number of aromatic nitrogens is 2. The molecule has 0 saturated heterocycles. The zero-order chi connectivity index (χ0) is 24.7. The molecule has 3 aromatic rings. The van der Waals surface area contributed by atoms with E-state index in [-0.39, 0.29) is 5.91 Å². The number of fused-ring (bicyclic) bond motifs is 2. The first-order valence-electron chi connectivity index (χ1n) is 10.6. The summed E-state index contributed by atoms with van der Waals surface area (Å²) in [5.74, 6) is 0.412. The monoisotopic (exact) mass is 550 g/mol. The topological polar surface area (TPSA) is 108 Å². The molecule has 2 aromatic carbocycles. The van der Waals surface area contributed by atoms with Crippen molar-refractivity contribution in [1.82, 2.24) is 19.0 Å². The second kappa shape index (κ2) is 9.57. The van der Waals surface area contributed by atoms with E-state index in [2.05, 4.69) is 20.0 Å². The third-order valence-corrected chi connectivity index (χ3v) is 8.89. The van der Waals surface area contributed by atoms with Crippen molar-refractivity contribution < 1.29 is 13.2 Å². The molecule has 35 heavy (non-hydrogen) atoms. The molecule has 2 aliphatic heterocycles. The zero-order valence-corrected chi connectivity index (χ0v) is 21.6. The highest BCUT2D eigenvalue weighted by Crippen LogP contribution is 2.39. The van der Waals surface area contributed by atoms with Gasteiger partial charge in [0.15, 0.2) is 0 Å². The number of para-hydroxylation sites is 1. The van der Waals surface area contributed by atoms with Crippen molar-refractivity contribution in [3.05, 3.63) is 69.3 Å². The fourth-order valence-corrected chi connectivity index (χ4v) is 6.44. The van der Waals surface area contributed by atoms with Crippen LogP contribution in [-0.4, -0.2) is 48.1 Å². The number of rotatable bonds is 5. The Balaban J connectivity index is 1.34. The third kappa shape index (κ3) is 4.72. The number of hydrogen-bond acceptors (Lipinski definition) is 7. The van der Waals surface area contributed by atoms with E-state index in [1.54, 1.807) is 18.2 Å². The number of nitrogens with zero attached hydrogens (tertiary/aromatic N) is 4. The van der Waals surface area contributed by atoms with Crippen LogP contribution in [0.25, 0.3) is 0 Å². The summed E-state index contributed by atoms with van der Waals surface area (Å²) in [6.45, 7) is 0.721. The van der Waals surface area contributed by atoms with E-state index in [4.69, 9.17) is 23.2 Å². The number of nitrogens with one attached hydrogen (secondary N) is 2. The fourth-order valence-electron chi connectivity index (χ4n) is 3.99. The Labute approximate surface area is 217 Å². The summed E-state index contributed by atoms with van der Waals surface area (Å²) in [5.41, 5.74) is 3.64. The molecular weight excluding hydrogens is 531 g/mol. The standard InChI is InChI=1S/C22H20Cl2N6O3S2/c1-25-35(32,33)29-8-7-13-9-15(6-5-14(13)11-29)27-22-26-10-16-20(28-22)34-12-30(21(16)31)19-17(23)3-2-4-18(19)24/h2-6,9-10,25H,7-8,11-12H2,1H3,(H,26,27,28). The van der Waals surface area contributed by atoms with E-state index in [0.29, 0.717) is 57.7 Å². The van der Waals surface area contributed by atoms with Gasteiger partial charge in [-0.1, -0.05) is 47.1 Å². The number of thioether (sulfide) groups is 1. The zero-order valence-electron chi connectivity index (χ0n) is 18.5. The van der Waals surface area contributed by atoms with Crippen molar-refractivity contribution in [2.45, 2.75) is 18.0 Å². The number of anilines is 3. The molecule has 0 unspecified atom stereocenters. The molecule has 1 aromatic heterocycles. The summed E-state index contributed by atoms with van der Waals surface area (Å²) >= 11 is 14.0. The van der Waals surface area contributed by atoms with Crippen LogP contribution in [0.4, 0.5) is 17.3 Å². The van der Waals surface area contributed by atoms with Gasteiger partial charge in [-0.15, -0.1) is 0 Å². The molecule has 9 nitrogen and oxygen atoms in total. The van der Waals surface area contributed by atoms with Crippen LogP contribution in [0.3, 0.4) is 0 Å². The lowest BCUT2D eigenvalue weighted by molar-refractivity contribution is 0.0985. The lowest BCUT2D eigenvalue weighted by atomic mass is 10.0. The molecule has 0 bridgehead atoms. The summed E-state index contributed by atoms with van der Waals surface area (Å²) in [4.78, 5) is 23.5. The SMILES string of the molecule is CNS(=O)(=O)N1CCc2cc(Nc3ncc4c(n3)SCN(c3c(Cl)cccc3Cl)C4=O)ccc2C1. The minimum atomic E-state index is -3.46. The van der Waals surface area contributed by atoms with Gasteiger partial charge >= 0.3 is 0 Å². The van der Waals surface area contributed by atoms with Gasteiger partial charge < -0.3 is 5.32 Å². The fraction of sp³-hybridized carbons (Fsp3) is 0.227. The number of carbonyl (C=O) groups excluding carboxylic acids is 1. The first-order valence-corrected chi connectivity index (χ1v) is 13.8. The van der Waals surface area contributed by atoms with E-state index in [0.717, 1.165) is 16.8 Å². The summed E-state index contributed by atoms with van der Waals surface area (Å²) < 4.78 is 28.0. The number of carbonyl (C=O) groups is 1. The molecule has 2 aliphatic rings. The molecule has 0 fully saturated rings. The largest absolute Gasteiger partial charge is 0.324 e. The normalized spacial score (nSPS) is 16.1. The third-order valence-electron chi connectivity index (χ3n) is 5.80. The van der Waals surface area contributed by atoms with E-state index in [1.807, 2.05) is 18.2 Å². The molecule has 0 atom stereocenters. The van der Waals surface area contributed by atoms with Crippen LogP contribution in [-0.2, 0) is 23.2 Å². The molecule has 0 spiro atoms. The van der Waals surface area contributed by atoms with Gasteiger partial charge in [-0.25, -0.2) is 14.7 Å². The van der Waals surface area contributed by atoms with Gasteiger partial charge in [-0.2, -0.15) is 12.7 Å². The molecule has 5 rings (SSSR count). The second-order valence-corrected chi connectivity index (χ2v) is 11.5. The van der Waals surface area contributed by atoms with Crippen LogP contribution in [0.5, 0.6) is 0 Å². The van der Waals surface area contributed by atoms with Crippen LogP contribution in [0, 0.1) is 0 Å². The van der Waals surface area contributed by atoms with Gasteiger partial charge in [0.2, 0.25) is 5.95 Å². The van der Waals surface area contributed by atoms with Crippen LogP contribution < -0.4 is 14.9 Å². The molecule has 2 N–H and O–H groups in total. The number of hydrogen-bond donors (Lipinski definition) is 2. The lowest BCUT2D eigenvalue weighted by Gasteiger charge is -2.29.